The van der Waals surface area contributed by atoms with Crippen molar-refractivity contribution < 1.29 is 22.0 Å². The molecule has 0 atom stereocenters. The molecule has 0 unspecified atom stereocenters. The molecule has 2 aromatic carbocycles. The maximum Gasteiger partial charge on any atom is 0.241 e. The van der Waals surface area contributed by atoms with Crippen LogP contribution in [0.15, 0.2) is 48.5 Å². The Bertz CT molecular complexity index is 826. The molecule has 1 N–H and O–H groups in total. The number of amides is 1. The topological polar surface area (TPSA) is 66.5 Å². The lowest BCUT2D eigenvalue weighted by Crippen LogP contribution is -2.40. The van der Waals surface area contributed by atoms with Crippen molar-refractivity contribution in [3.63, 3.8) is 0 Å². The summed E-state index contributed by atoms with van der Waals surface area (Å²) in [7, 11) is -3.92. The molecular formula is C16H16F2N2O3S. The number of halogens is 2. The molecule has 24 heavy (non-hydrogen) atoms. The number of rotatable bonds is 6. The van der Waals surface area contributed by atoms with Crippen LogP contribution in [0.4, 0.5) is 14.5 Å². The normalized spacial score (nSPS) is 11.1. The van der Waals surface area contributed by atoms with E-state index in [0.717, 1.165) is 24.0 Å². The van der Waals surface area contributed by atoms with Crippen LogP contribution >= 0.6 is 0 Å². The zero-order valence-electron chi connectivity index (χ0n) is 12.9. The van der Waals surface area contributed by atoms with Crippen LogP contribution in [0.25, 0.3) is 0 Å². The number of benzene rings is 2. The van der Waals surface area contributed by atoms with Gasteiger partial charge in [0.1, 0.15) is 18.2 Å². The molecule has 0 saturated heterocycles. The Morgan fingerprint density at radius 1 is 1.12 bits per heavy atom. The summed E-state index contributed by atoms with van der Waals surface area (Å²) in [5, 5.41) is 2.56. The van der Waals surface area contributed by atoms with Crippen molar-refractivity contribution in [3.8, 4) is 0 Å². The van der Waals surface area contributed by atoms with E-state index in [1.54, 1.807) is 24.3 Å². The highest BCUT2D eigenvalue weighted by atomic mass is 32.2. The second kappa shape index (κ2) is 7.39. The molecule has 0 radical (unpaired) electrons. The summed E-state index contributed by atoms with van der Waals surface area (Å²) in [4.78, 5) is 12.0. The van der Waals surface area contributed by atoms with Crippen LogP contribution in [0.2, 0.25) is 0 Å². The summed E-state index contributed by atoms with van der Waals surface area (Å²) < 4.78 is 51.2. The van der Waals surface area contributed by atoms with Crippen molar-refractivity contribution in [3.05, 3.63) is 65.7 Å². The van der Waals surface area contributed by atoms with Crippen LogP contribution in [-0.2, 0) is 21.4 Å². The van der Waals surface area contributed by atoms with Gasteiger partial charge in [0.2, 0.25) is 15.9 Å². The van der Waals surface area contributed by atoms with Gasteiger partial charge in [-0.1, -0.05) is 30.3 Å². The zero-order chi connectivity index (χ0) is 17.7. The first kappa shape index (κ1) is 17.9. The highest BCUT2D eigenvalue weighted by Crippen LogP contribution is 2.22. The minimum absolute atomic E-state index is 0.211. The van der Waals surface area contributed by atoms with Gasteiger partial charge in [0.25, 0.3) is 0 Å². The van der Waals surface area contributed by atoms with E-state index >= 15 is 0 Å². The Morgan fingerprint density at radius 3 is 2.38 bits per heavy atom. The molecule has 128 valence electrons. The summed E-state index contributed by atoms with van der Waals surface area (Å²) in [6, 6.07) is 11.5. The maximum absolute atomic E-state index is 13.9. The third kappa shape index (κ3) is 4.76. The van der Waals surface area contributed by atoms with Crippen LogP contribution in [-0.4, -0.2) is 27.1 Å². The minimum atomic E-state index is -3.92. The van der Waals surface area contributed by atoms with E-state index in [9.17, 15) is 22.0 Å². The predicted octanol–water partition coefficient (Wildman–Crippen LogP) is 2.05. The third-order valence-corrected chi connectivity index (χ3v) is 4.32. The summed E-state index contributed by atoms with van der Waals surface area (Å²) in [6.45, 7) is -0.391. The molecular weight excluding hydrogens is 338 g/mol. The van der Waals surface area contributed by atoms with Gasteiger partial charge in [0.05, 0.1) is 11.9 Å². The fourth-order valence-corrected chi connectivity index (χ4v) is 2.90. The fourth-order valence-electron chi connectivity index (χ4n) is 2.05. The van der Waals surface area contributed by atoms with Crippen molar-refractivity contribution in [1.29, 1.82) is 0 Å². The molecule has 0 fully saturated rings. The number of nitrogens with one attached hydrogen (secondary N) is 1. The zero-order valence-corrected chi connectivity index (χ0v) is 13.7. The molecule has 0 saturated carbocycles. The average Bonchev–Trinajstić information content (AvgIpc) is 2.51. The van der Waals surface area contributed by atoms with E-state index in [0.29, 0.717) is 10.4 Å². The molecule has 2 rings (SSSR count). The summed E-state index contributed by atoms with van der Waals surface area (Å²) >= 11 is 0. The minimum Gasteiger partial charge on any atom is -0.350 e. The van der Waals surface area contributed by atoms with Crippen LogP contribution in [0.3, 0.4) is 0 Å². The standard InChI is InChI=1S/C16H16F2N2O3S/c1-24(22,23)20(15-8-7-13(17)9-14(15)18)11-16(21)19-10-12-5-3-2-4-6-12/h2-9H,10-11H2,1H3,(H,19,21). The summed E-state index contributed by atoms with van der Waals surface area (Å²) in [5.74, 6) is -2.50. The van der Waals surface area contributed by atoms with Gasteiger partial charge in [0.15, 0.2) is 0 Å². The van der Waals surface area contributed by atoms with E-state index in [1.165, 1.54) is 0 Å². The molecule has 0 bridgehead atoms. The van der Waals surface area contributed by atoms with Gasteiger partial charge in [-0.05, 0) is 17.7 Å². The Hall–Kier alpha value is -2.48. The second-order valence-corrected chi connectivity index (χ2v) is 7.03. The number of carbonyl (C=O) groups is 1. The largest absolute Gasteiger partial charge is 0.350 e. The van der Waals surface area contributed by atoms with Gasteiger partial charge in [-0.3, -0.25) is 9.10 Å². The number of hydrogen-bond acceptors (Lipinski definition) is 3. The first-order valence-corrected chi connectivity index (χ1v) is 8.85. The quantitative estimate of drug-likeness (QED) is 0.863. The van der Waals surface area contributed by atoms with Gasteiger partial charge in [-0.15, -0.1) is 0 Å². The molecule has 0 aliphatic rings. The monoisotopic (exact) mass is 354 g/mol. The molecule has 8 heteroatoms. The fraction of sp³-hybridized carbons (Fsp3) is 0.188. The Kier molecular flexibility index (Phi) is 5.50. The number of carbonyl (C=O) groups excluding carboxylic acids is 1. The van der Waals surface area contributed by atoms with Gasteiger partial charge in [0, 0.05) is 12.6 Å². The molecule has 2 aromatic rings. The van der Waals surface area contributed by atoms with E-state index in [2.05, 4.69) is 5.32 Å². The van der Waals surface area contributed by atoms with Crippen LogP contribution < -0.4 is 9.62 Å². The molecule has 0 spiro atoms. The number of anilines is 1. The average molecular weight is 354 g/mol. The van der Waals surface area contributed by atoms with Crippen molar-refractivity contribution in [1.82, 2.24) is 5.32 Å². The molecule has 0 aliphatic heterocycles. The van der Waals surface area contributed by atoms with Gasteiger partial charge < -0.3 is 5.32 Å². The SMILES string of the molecule is CS(=O)(=O)N(CC(=O)NCc1ccccc1)c1ccc(F)cc1F. The maximum atomic E-state index is 13.9. The molecule has 1 amide bonds. The Labute approximate surface area is 139 Å². The number of nitrogens with zero attached hydrogens (tertiary/aromatic N) is 1. The van der Waals surface area contributed by atoms with E-state index in [4.69, 9.17) is 0 Å². The lowest BCUT2D eigenvalue weighted by atomic mass is 10.2. The third-order valence-electron chi connectivity index (χ3n) is 3.20. The van der Waals surface area contributed by atoms with Crippen molar-refractivity contribution in [2.45, 2.75) is 6.54 Å². The predicted molar refractivity (Wildman–Crippen MR) is 86.8 cm³/mol. The Balaban J connectivity index is 2.13. The molecule has 5 nitrogen and oxygen atoms in total. The van der Waals surface area contributed by atoms with E-state index in [1.807, 2.05) is 6.07 Å². The van der Waals surface area contributed by atoms with Crippen molar-refractivity contribution >= 4 is 21.6 Å². The highest BCUT2D eigenvalue weighted by Gasteiger charge is 2.23. The van der Waals surface area contributed by atoms with Crippen molar-refractivity contribution in [2.24, 2.45) is 0 Å². The lowest BCUT2D eigenvalue weighted by Gasteiger charge is -2.22. The Morgan fingerprint density at radius 2 is 1.79 bits per heavy atom. The van der Waals surface area contributed by atoms with Crippen molar-refractivity contribution in [2.75, 3.05) is 17.1 Å². The first-order chi connectivity index (χ1) is 11.3. The highest BCUT2D eigenvalue weighted by molar-refractivity contribution is 7.92. The lowest BCUT2D eigenvalue weighted by molar-refractivity contribution is -0.119. The second-order valence-electron chi connectivity index (χ2n) is 5.13. The van der Waals surface area contributed by atoms with Gasteiger partial charge in [-0.2, -0.15) is 0 Å². The molecule has 0 aromatic heterocycles. The smallest absolute Gasteiger partial charge is 0.241 e. The first-order valence-electron chi connectivity index (χ1n) is 7.01. The van der Waals surface area contributed by atoms with Crippen LogP contribution in [0, 0.1) is 11.6 Å². The number of sulfonamides is 1. The van der Waals surface area contributed by atoms with E-state index in [-0.39, 0.29) is 12.2 Å². The molecule has 0 aliphatic carbocycles. The van der Waals surface area contributed by atoms with E-state index < -0.39 is 34.1 Å². The summed E-state index contributed by atoms with van der Waals surface area (Å²) in [6.07, 6.45) is 0.847. The van der Waals surface area contributed by atoms with Gasteiger partial charge in [-0.25, -0.2) is 17.2 Å². The number of hydrogen-bond donors (Lipinski definition) is 1. The van der Waals surface area contributed by atoms with Crippen LogP contribution in [0.1, 0.15) is 5.56 Å². The molecule has 0 heterocycles. The van der Waals surface area contributed by atoms with Crippen LogP contribution in [0.5, 0.6) is 0 Å². The van der Waals surface area contributed by atoms with Gasteiger partial charge >= 0.3 is 0 Å². The summed E-state index contributed by atoms with van der Waals surface area (Å²) in [5.41, 5.74) is 0.457.